The van der Waals surface area contributed by atoms with Crippen LogP contribution in [0.5, 0.6) is 0 Å². The second-order valence-corrected chi connectivity index (χ2v) is 16.3. The van der Waals surface area contributed by atoms with Crippen LogP contribution in [-0.2, 0) is 43.2 Å². The topological polar surface area (TPSA) is 264 Å². The number of imide groups is 1. The van der Waals surface area contributed by atoms with E-state index in [0.29, 0.717) is 28.9 Å². The molecule has 6 N–H and O–H groups in total. The highest BCUT2D eigenvalue weighted by atomic mass is 127. The van der Waals surface area contributed by atoms with Crippen LogP contribution in [-0.4, -0.2) is 90.2 Å². The van der Waals surface area contributed by atoms with E-state index in [4.69, 9.17) is 17.9 Å². The number of alkyl halides is 1. The van der Waals surface area contributed by atoms with Gasteiger partial charge in [0.15, 0.2) is 0 Å². The Kier molecular flexibility index (Phi) is 64.5. The third-order valence-electron chi connectivity index (χ3n) is 8.55. The van der Waals surface area contributed by atoms with E-state index in [2.05, 4.69) is 168 Å². The number of hydrogen-bond donors (Lipinski definition) is 5. The van der Waals surface area contributed by atoms with E-state index in [0.717, 1.165) is 77.4 Å². The summed E-state index contributed by atoms with van der Waals surface area (Å²) in [5, 5.41) is 14.6. The zero-order chi connectivity index (χ0) is 57.4. The van der Waals surface area contributed by atoms with E-state index < -0.39 is 17.8 Å². The number of hydroxylamine groups is 2. The van der Waals surface area contributed by atoms with Crippen molar-refractivity contribution >= 4 is 64.0 Å². The molecule has 19 heteroatoms. The van der Waals surface area contributed by atoms with Gasteiger partial charge in [0, 0.05) is 63.3 Å². The number of halogens is 1. The second-order valence-electron chi connectivity index (χ2n) is 15.5. The summed E-state index contributed by atoms with van der Waals surface area (Å²) < 4.78 is 0.567. The highest BCUT2D eigenvalue weighted by Crippen LogP contribution is 2.12. The Balaban J connectivity index is -0.000000386. The lowest BCUT2D eigenvalue weighted by molar-refractivity contribution is -0.197. The van der Waals surface area contributed by atoms with Crippen LogP contribution < -0.4 is 27.2 Å². The Labute approximate surface area is 467 Å². The van der Waals surface area contributed by atoms with E-state index >= 15 is 0 Å². The van der Waals surface area contributed by atoms with Gasteiger partial charge in [-0.25, -0.2) is 10.7 Å². The van der Waals surface area contributed by atoms with Crippen molar-refractivity contribution in [3.8, 4) is 12.3 Å². The minimum absolute atomic E-state index is 0.00713. The van der Waals surface area contributed by atoms with Crippen LogP contribution in [0, 0.1) is 12.3 Å². The third-order valence-corrected chi connectivity index (χ3v) is 9.24. The monoisotopic (exact) mass is 1170 g/mol. The van der Waals surface area contributed by atoms with Crippen molar-refractivity contribution in [3.05, 3.63) is 132 Å². The fraction of sp³-hybridized carbons (Fsp3) is 0.491. The summed E-state index contributed by atoms with van der Waals surface area (Å²) in [5.74, 6) is 5.59. The van der Waals surface area contributed by atoms with E-state index in [1.165, 1.54) is 0 Å². The molecule has 0 aromatic carbocycles. The normalized spacial score (nSPS) is 12.9. The first-order chi connectivity index (χ1) is 36.9. The second kappa shape index (κ2) is 64.5. The van der Waals surface area contributed by atoms with Crippen LogP contribution in [0.1, 0.15) is 137 Å². The van der Waals surface area contributed by atoms with Gasteiger partial charge in [0.2, 0.25) is 23.6 Å². The number of carbonyl (C=O) groups excluding carboxylic acids is 7. The quantitative estimate of drug-likeness (QED) is 0.0119. The largest absolute Gasteiger partial charge is 0.356 e. The zero-order valence-electron chi connectivity index (χ0n) is 45.8. The van der Waals surface area contributed by atoms with Crippen LogP contribution in [0.25, 0.3) is 10.4 Å². The van der Waals surface area contributed by atoms with Gasteiger partial charge >= 0.3 is 5.97 Å². The van der Waals surface area contributed by atoms with Gasteiger partial charge < -0.3 is 30.9 Å². The fourth-order valence-corrected chi connectivity index (χ4v) is 5.03. The number of carbonyl (C=O) groups is 7. The van der Waals surface area contributed by atoms with Gasteiger partial charge in [0.1, 0.15) is 0 Å². The minimum Gasteiger partial charge on any atom is -0.356 e. The van der Waals surface area contributed by atoms with Crippen molar-refractivity contribution < 1.29 is 43.2 Å². The van der Waals surface area contributed by atoms with Crippen molar-refractivity contribution in [3.63, 3.8) is 0 Å². The number of rotatable bonds is 19. The molecule has 18 nitrogen and oxygen atoms in total. The third kappa shape index (κ3) is 63.5. The summed E-state index contributed by atoms with van der Waals surface area (Å²) in [7, 11) is 0. The molecule has 6 rings (SSSR count). The number of terminal acetylenes is 1. The Morgan fingerprint density at radius 3 is 1.21 bits per heavy atom. The average molecular weight is 1170 g/mol. The van der Waals surface area contributed by atoms with Crippen molar-refractivity contribution in [1.82, 2.24) is 26.3 Å². The van der Waals surface area contributed by atoms with E-state index in [1.54, 1.807) is 0 Å². The number of allylic oxidation sites excluding steroid dienone is 20. The van der Waals surface area contributed by atoms with Gasteiger partial charge in [-0.3, -0.25) is 28.8 Å². The van der Waals surface area contributed by atoms with Gasteiger partial charge in [-0.1, -0.05) is 190 Å². The van der Waals surface area contributed by atoms with Crippen LogP contribution in [0.3, 0.4) is 0 Å². The number of hydrogen-bond acceptors (Lipinski definition) is 11. The van der Waals surface area contributed by atoms with E-state index in [-0.39, 0.29) is 68.9 Å². The molecule has 5 aliphatic carbocycles. The summed E-state index contributed by atoms with van der Waals surface area (Å²) in [5.41, 5.74) is 7.88. The van der Waals surface area contributed by atoms with Crippen molar-refractivity contribution in [2.45, 2.75) is 137 Å². The molecule has 1 saturated heterocycles. The minimum atomic E-state index is -0.536. The lowest BCUT2D eigenvalue weighted by Crippen LogP contribution is -2.31. The predicted molar refractivity (Wildman–Crippen MR) is 315 cm³/mol. The molecular weight excluding hydrogens is 1080 g/mol. The molecule has 0 aromatic rings. The zero-order valence-corrected chi connectivity index (χ0v) is 48.0. The molecule has 0 aromatic heterocycles. The maximum absolute atomic E-state index is 11.0. The van der Waals surface area contributed by atoms with Gasteiger partial charge in [-0.15, -0.1) is 11.5 Å². The number of azide groups is 1. The summed E-state index contributed by atoms with van der Waals surface area (Å²) in [6, 6.07) is 0. The standard InChI is InChI=1S/C8H11NO4.C7H11NO.C6H12N4O.C6H14N2O2.C5H10INO.5C5H6/c1-2-3-8(12)13-9-6(10)4-5-7(9)11;1-3-5-7(9)8-6-4-2;1-2-4-8-6(11)3-5-9-10-7;1-2-4-8-6(9)3-5-10-7;1-2-3-7-5(8)4-6;5*1-2-4-5-3-1/h2-5H2,1H3;1H,4-6H2,2H3,(H,8,9);2-5H2,1H3,(H,8,11);2-5,7H2,1H3,(H,8,9);2-4H2,1H3,(H,7,8);5*1-4H,5H2. The first-order valence-corrected chi connectivity index (χ1v) is 27.4. The molecule has 1 heterocycles. The smallest absolute Gasteiger partial charge is 0.333 e. The fourth-order valence-electron chi connectivity index (χ4n) is 4.76. The van der Waals surface area contributed by atoms with Gasteiger partial charge in [-0.05, 0) is 69.7 Å². The first kappa shape index (κ1) is 75.9. The summed E-state index contributed by atoms with van der Waals surface area (Å²) in [4.78, 5) is 86.7. The number of nitrogens with one attached hydrogen (secondary N) is 4. The molecule has 0 atom stereocenters. The highest BCUT2D eigenvalue weighted by molar-refractivity contribution is 14.1. The predicted octanol–water partition coefficient (Wildman–Crippen LogP) is 10.4. The van der Waals surface area contributed by atoms with Crippen LogP contribution in [0.2, 0.25) is 0 Å². The Hall–Kier alpha value is -6.59. The molecule has 0 unspecified atom stereocenters. The van der Waals surface area contributed by atoms with Gasteiger partial charge in [0.25, 0.3) is 11.8 Å². The van der Waals surface area contributed by atoms with Gasteiger partial charge in [-0.2, -0.15) is 0 Å². The maximum Gasteiger partial charge on any atom is 0.333 e. The molecule has 0 spiro atoms. The average Bonchev–Trinajstić information content (AvgIpc) is 4.29. The molecule has 422 valence electrons. The number of nitrogens with two attached hydrogens (primary N) is 1. The molecular formula is C57H88IN9O9. The summed E-state index contributed by atoms with van der Waals surface area (Å²) in [6.07, 6.45) is 58.2. The maximum atomic E-state index is 11.0. The molecule has 1 fully saturated rings. The number of amides is 6. The molecule has 0 radical (unpaired) electrons. The SMILES string of the molecule is C#CCC(=O)NCCC.C1=CCC=C1.C1=CCC=C1.C1=CCC=C1.C1=CCC=C1.C1=CCC=C1.CCCC(=O)ON1C(=O)CCC1=O.CCCNC(=O)CCN=[N+]=[N-].CCCNC(=O)CCON.CCCNC(=O)CI. The lowest BCUT2D eigenvalue weighted by atomic mass is 10.3. The highest BCUT2D eigenvalue weighted by Gasteiger charge is 2.32. The number of nitrogens with zero attached hydrogens (tertiary/aromatic N) is 4. The summed E-state index contributed by atoms with van der Waals surface area (Å²) >= 11 is 2.04. The molecule has 1 aliphatic heterocycles. The van der Waals surface area contributed by atoms with E-state index in [9.17, 15) is 33.6 Å². The molecule has 6 aliphatic rings. The lowest BCUT2D eigenvalue weighted by Gasteiger charge is -2.11. The van der Waals surface area contributed by atoms with Crippen LogP contribution >= 0.6 is 22.6 Å². The molecule has 6 amide bonds. The Morgan fingerprint density at radius 1 is 0.592 bits per heavy atom. The van der Waals surface area contributed by atoms with Crippen molar-refractivity contribution in [1.29, 1.82) is 0 Å². The Bertz CT molecular complexity index is 1760. The summed E-state index contributed by atoms with van der Waals surface area (Å²) in [6.45, 7) is 13.3. The Morgan fingerprint density at radius 2 is 0.934 bits per heavy atom. The molecule has 0 bridgehead atoms. The van der Waals surface area contributed by atoms with Crippen molar-refractivity contribution in [2.24, 2.45) is 11.0 Å². The van der Waals surface area contributed by atoms with Crippen LogP contribution in [0.4, 0.5) is 0 Å². The molecule has 0 saturated carbocycles. The van der Waals surface area contributed by atoms with Crippen LogP contribution in [0.15, 0.2) is 127 Å². The van der Waals surface area contributed by atoms with Gasteiger partial charge in [0.05, 0.1) is 23.9 Å². The molecule has 76 heavy (non-hydrogen) atoms. The first-order valence-electron chi connectivity index (χ1n) is 25.9. The van der Waals surface area contributed by atoms with Crippen molar-refractivity contribution in [2.75, 3.05) is 43.8 Å². The van der Waals surface area contributed by atoms with E-state index in [1.807, 2.05) is 57.2 Å².